The van der Waals surface area contributed by atoms with E-state index in [9.17, 15) is 9.90 Å². The van der Waals surface area contributed by atoms with Crippen molar-refractivity contribution in [3.63, 3.8) is 0 Å². The summed E-state index contributed by atoms with van der Waals surface area (Å²) >= 11 is 4.61. The third kappa shape index (κ3) is 3.28. The van der Waals surface area contributed by atoms with Crippen molar-refractivity contribution in [3.05, 3.63) is 63.4 Å². The van der Waals surface area contributed by atoms with E-state index < -0.39 is 5.91 Å². The van der Waals surface area contributed by atoms with Gasteiger partial charge in [0, 0.05) is 10.4 Å². The van der Waals surface area contributed by atoms with Crippen LogP contribution < -0.4 is 5.32 Å². The van der Waals surface area contributed by atoms with Gasteiger partial charge in [0.15, 0.2) is 5.13 Å². The maximum atomic E-state index is 12.3. The normalized spacial score (nSPS) is 10.5. The number of hydrogen-bond acceptors (Lipinski definition) is 4. The van der Waals surface area contributed by atoms with Crippen LogP contribution in [-0.4, -0.2) is 16.0 Å². The Morgan fingerprint density at radius 2 is 1.91 bits per heavy atom. The van der Waals surface area contributed by atoms with Gasteiger partial charge in [-0.3, -0.25) is 10.1 Å². The Morgan fingerprint density at radius 3 is 2.65 bits per heavy atom. The first-order chi connectivity index (χ1) is 11.1. The Labute approximate surface area is 146 Å². The summed E-state index contributed by atoms with van der Waals surface area (Å²) in [7, 11) is 0. The Kier molecular flexibility index (Phi) is 4.45. The number of halogens is 1. The minimum atomic E-state index is -0.392. The van der Waals surface area contributed by atoms with Crippen molar-refractivity contribution in [2.24, 2.45) is 0 Å². The molecule has 2 aromatic carbocycles. The highest BCUT2D eigenvalue weighted by Gasteiger charge is 2.16. The first kappa shape index (κ1) is 15.7. The van der Waals surface area contributed by atoms with E-state index in [2.05, 4.69) is 26.2 Å². The van der Waals surface area contributed by atoms with E-state index in [0.717, 1.165) is 16.1 Å². The third-order valence-corrected chi connectivity index (χ3v) is 4.82. The zero-order valence-corrected chi connectivity index (χ0v) is 14.6. The van der Waals surface area contributed by atoms with Gasteiger partial charge in [0.1, 0.15) is 5.75 Å². The lowest BCUT2D eigenvalue weighted by molar-refractivity contribution is 0.102. The molecule has 0 saturated heterocycles. The zero-order chi connectivity index (χ0) is 16.4. The van der Waals surface area contributed by atoms with E-state index in [4.69, 9.17) is 0 Å². The zero-order valence-electron chi connectivity index (χ0n) is 12.2. The van der Waals surface area contributed by atoms with Crippen LogP contribution in [0.1, 0.15) is 15.2 Å². The summed E-state index contributed by atoms with van der Waals surface area (Å²) in [5.41, 5.74) is 2.06. The van der Waals surface area contributed by atoms with Crippen molar-refractivity contribution in [2.45, 2.75) is 6.92 Å². The van der Waals surface area contributed by atoms with Crippen LogP contribution >= 0.6 is 27.3 Å². The fourth-order valence-electron chi connectivity index (χ4n) is 2.18. The number of nitrogens with one attached hydrogen (secondary N) is 1. The number of carbonyl (C=O) groups is 1. The molecule has 6 heteroatoms. The summed E-state index contributed by atoms with van der Waals surface area (Å²) in [4.78, 5) is 17.8. The summed E-state index contributed by atoms with van der Waals surface area (Å²) in [5, 5.41) is 13.2. The lowest BCUT2D eigenvalue weighted by Crippen LogP contribution is -2.11. The Bertz CT molecular complexity index is 862. The van der Waals surface area contributed by atoms with Gasteiger partial charge >= 0.3 is 0 Å². The minimum Gasteiger partial charge on any atom is -0.506 e. The number of aromatic nitrogens is 1. The van der Waals surface area contributed by atoms with Gasteiger partial charge in [-0.15, -0.1) is 11.3 Å². The number of phenols is 1. The number of phenolic OH excluding ortho intramolecular Hbond substituents is 1. The van der Waals surface area contributed by atoms with Gasteiger partial charge < -0.3 is 5.11 Å². The highest BCUT2D eigenvalue weighted by Crippen LogP contribution is 2.32. The molecule has 23 heavy (non-hydrogen) atoms. The SMILES string of the molecule is Cc1sc(NC(=O)c2cccc(Br)c2O)nc1-c1ccccc1. The number of amides is 1. The Balaban J connectivity index is 1.87. The topological polar surface area (TPSA) is 62.2 Å². The second-order valence-corrected chi connectivity index (χ2v) is 6.94. The number of nitrogens with zero attached hydrogens (tertiary/aromatic N) is 1. The smallest absolute Gasteiger partial charge is 0.261 e. The molecule has 0 aliphatic heterocycles. The molecule has 1 aromatic heterocycles. The molecule has 0 atom stereocenters. The van der Waals surface area contributed by atoms with Gasteiger partial charge in [0.2, 0.25) is 0 Å². The molecule has 0 fully saturated rings. The summed E-state index contributed by atoms with van der Waals surface area (Å²) in [6, 6.07) is 14.7. The molecule has 0 aliphatic carbocycles. The number of aromatic hydroxyl groups is 1. The van der Waals surface area contributed by atoms with Crippen molar-refractivity contribution in [1.82, 2.24) is 4.98 Å². The van der Waals surface area contributed by atoms with Crippen LogP contribution in [0.15, 0.2) is 53.0 Å². The van der Waals surface area contributed by atoms with Crippen molar-refractivity contribution >= 4 is 38.3 Å². The Morgan fingerprint density at radius 1 is 1.17 bits per heavy atom. The van der Waals surface area contributed by atoms with Crippen molar-refractivity contribution < 1.29 is 9.90 Å². The largest absolute Gasteiger partial charge is 0.506 e. The lowest BCUT2D eigenvalue weighted by atomic mass is 10.1. The number of aryl methyl sites for hydroxylation is 1. The molecule has 0 saturated carbocycles. The van der Waals surface area contributed by atoms with Gasteiger partial charge in [-0.2, -0.15) is 0 Å². The summed E-state index contributed by atoms with van der Waals surface area (Å²) < 4.78 is 0.477. The molecule has 116 valence electrons. The number of hydrogen-bond donors (Lipinski definition) is 2. The number of rotatable bonds is 3. The van der Waals surface area contributed by atoms with Gasteiger partial charge in [0.25, 0.3) is 5.91 Å². The van der Waals surface area contributed by atoms with Gasteiger partial charge in [-0.25, -0.2) is 4.98 Å². The van der Waals surface area contributed by atoms with E-state index >= 15 is 0 Å². The molecule has 4 nitrogen and oxygen atoms in total. The van der Waals surface area contributed by atoms with Crippen LogP contribution in [0.25, 0.3) is 11.3 Å². The fourth-order valence-corrected chi connectivity index (χ4v) is 3.37. The van der Waals surface area contributed by atoms with E-state index in [0.29, 0.717) is 9.60 Å². The second-order valence-electron chi connectivity index (χ2n) is 4.88. The summed E-state index contributed by atoms with van der Waals surface area (Å²) in [6.45, 7) is 1.96. The van der Waals surface area contributed by atoms with Crippen molar-refractivity contribution in [1.29, 1.82) is 0 Å². The van der Waals surface area contributed by atoms with E-state index in [1.165, 1.54) is 11.3 Å². The fraction of sp³-hybridized carbons (Fsp3) is 0.0588. The van der Waals surface area contributed by atoms with Crippen molar-refractivity contribution in [2.75, 3.05) is 5.32 Å². The van der Waals surface area contributed by atoms with Crippen LogP contribution in [-0.2, 0) is 0 Å². The predicted molar refractivity (Wildman–Crippen MR) is 96.0 cm³/mol. The molecular formula is C17H13BrN2O2S. The monoisotopic (exact) mass is 388 g/mol. The molecule has 0 spiro atoms. The number of anilines is 1. The van der Waals surface area contributed by atoms with Crippen LogP contribution in [0, 0.1) is 6.92 Å². The molecule has 1 heterocycles. The third-order valence-electron chi connectivity index (χ3n) is 3.30. The molecule has 3 rings (SSSR count). The molecule has 0 bridgehead atoms. The van der Waals surface area contributed by atoms with E-state index in [-0.39, 0.29) is 11.3 Å². The van der Waals surface area contributed by atoms with Crippen molar-refractivity contribution in [3.8, 4) is 17.0 Å². The molecule has 0 unspecified atom stereocenters. The van der Waals surface area contributed by atoms with Gasteiger partial charge in [0.05, 0.1) is 15.7 Å². The minimum absolute atomic E-state index is 0.0819. The second kappa shape index (κ2) is 6.52. The molecule has 1 amide bonds. The van der Waals surface area contributed by atoms with Crippen LogP contribution in [0.2, 0.25) is 0 Å². The van der Waals surface area contributed by atoms with Crippen LogP contribution in [0.4, 0.5) is 5.13 Å². The summed E-state index contributed by atoms with van der Waals surface area (Å²) in [5.74, 6) is -0.473. The average Bonchev–Trinajstić information content (AvgIpc) is 2.91. The standard InChI is InChI=1S/C17H13BrN2O2S/c1-10-14(11-6-3-2-4-7-11)19-17(23-10)20-16(22)12-8-5-9-13(18)15(12)21/h2-9,21H,1H3,(H,19,20,22). The first-order valence-corrected chi connectivity index (χ1v) is 8.49. The van der Waals surface area contributed by atoms with Gasteiger partial charge in [-0.05, 0) is 35.0 Å². The number of benzene rings is 2. The number of carbonyl (C=O) groups excluding carboxylic acids is 1. The Hall–Kier alpha value is -2.18. The van der Waals surface area contributed by atoms with E-state index in [1.54, 1.807) is 18.2 Å². The maximum absolute atomic E-state index is 12.3. The molecule has 0 aliphatic rings. The molecule has 2 N–H and O–H groups in total. The highest BCUT2D eigenvalue weighted by atomic mass is 79.9. The van der Waals surface area contributed by atoms with Crippen LogP contribution in [0.5, 0.6) is 5.75 Å². The first-order valence-electron chi connectivity index (χ1n) is 6.88. The molecule has 0 radical (unpaired) electrons. The predicted octanol–water partition coefficient (Wildman–Crippen LogP) is 4.84. The lowest BCUT2D eigenvalue weighted by Gasteiger charge is -2.05. The average molecular weight is 389 g/mol. The highest BCUT2D eigenvalue weighted by molar-refractivity contribution is 9.10. The number of para-hydroxylation sites is 1. The van der Waals surface area contributed by atoms with E-state index in [1.807, 2.05) is 37.3 Å². The van der Waals surface area contributed by atoms with Gasteiger partial charge in [-0.1, -0.05) is 36.4 Å². The maximum Gasteiger partial charge on any atom is 0.261 e. The number of thiazole rings is 1. The molecule has 3 aromatic rings. The summed E-state index contributed by atoms with van der Waals surface area (Å²) in [6.07, 6.45) is 0. The quantitative estimate of drug-likeness (QED) is 0.674. The molecular weight excluding hydrogens is 376 g/mol. The van der Waals surface area contributed by atoms with Crippen LogP contribution in [0.3, 0.4) is 0 Å².